The molecule has 0 aliphatic heterocycles. The summed E-state index contributed by atoms with van der Waals surface area (Å²) in [7, 11) is 0. The summed E-state index contributed by atoms with van der Waals surface area (Å²) in [6.07, 6.45) is 1.66. The molecule has 0 fully saturated rings. The first-order valence-electron chi connectivity index (χ1n) is 18.6. The van der Waals surface area contributed by atoms with Gasteiger partial charge in [0.2, 0.25) is 0 Å². The third-order valence-corrected chi connectivity index (χ3v) is 10.9. The predicted octanol–water partition coefficient (Wildman–Crippen LogP) is 11.5. The first kappa shape index (κ1) is 30.6. The zero-order chi connectivity index (χ0) is 36.7. The van der Waals surface area contributed by atoms with Crippen LogP contribution in [-0.4, -0.2) is 33.9 Å². The van der Waals surface area contributed by atoms with Gasteiger partial charge in [-0.15, -0.1) is 10.2 Å². The van der Waals surface area contributed by atoms with Gasteiger partial charge in [-0.25, -0.2) is 9.97 Å². The molecule has 0 radical (unpaired) electrons. The van der Waals surface area contributed by atoms with E-state index >= 15 is 0 Å². The Morgan fingerprint density at radius 1 is 0.393 bits per heavy atom. The maximum absolute atomic E-state index is 6.54. The van der Waals surface area contributed by atoms with Gasteiger partial charge in [0.1, 0.15) is 29.1 Å². The van der Waals surface area contributed by atoms with Gasteiger partial charge in [-0.2, -0.15) is 0 Å². The minimum absolute atomic E-state index is 0.767. The highest BCUT2D eigenvalue weighted by Crippen LogP contribution is 2.41. The third kappa shape index (κ3) is 4.41. The molecule has 0 aliphatic rings. The number of nitrogens with zero attached hydrogens (tertiary/aromatic N) is 7. The fourth-order valence-electron chi connectivity index (χ4n) is 8.49. The first-order chi connectivity index (χ1) is 27.8. The molecular formula is C48H29N7O. The second-order valence-electron chi connectivity index (χ2n) is 14.0. The van der Waals surface area contributed by atoms with Crippen molar-refractivity contribution in [1.29, 1.82) is 0 Å². The molecule has 0 saturated carbocycles. The predicted molar refractivity (Wildman–Crippen MR) is 224 cm³/mol. The highest BCUT2D eigenvalue weighted by atomic mass is 16.3. The number of rotatable bonds is 5. The van der Waals surface area contributed by atoms with Gasteiger partial charge in [-0.1, -0.05) is 115 Å². The zero-order valence-corrected chi connectivity index (χ0v) is 29.8. The molecule has 0 saturated heterocycles. The molecule has 7 aromatic carbocycles. The Kier molecular flexibility index (Phi) is 6.47. The average Bonchev–Trinajstić information content (AvgIpc) is 4.03. The molecule has 8 heteroatoms. The van der Waals surface area contributed by atoms with Crippen molar-refractivity contribution in [2.75, 3.05) is 0 Å². The summed E-state index contributed by atoms with van der Waals surface area (Å²) >= 11 is 0. The topological polar surface area (TPSA) is 79.5 Å². The molecule has 8 nitrogen and oxygen atoms in total. The maximum atomic E-state index is 6.54. The summed E-state index contributed by atoms with van der Waals surface area (Å²) in [4.78, 5) is 9.80. The van der Waals surface area contributed by atoms with E-state index in [1.54, 1.807) is 6.33 Å². The van der Waals surface area contributed by atoms with E-state index in [1.165, 1.54) is 0 Å². The Labute approximate surface area is 319 Å². The molecule has 0 atom stereocenters. The molecule has 12 aromatic rings. The minimum Gasteiger partial charge on any atom is -0.455 e. The number of para-hydroxylation sites is 3. The van der Waals surface area contributed by atoms with Crippen molar-refractivity contribution in [3.63, 3.8) is 0 Å². The molecule has 0 bridgehead atoms. The van der Waals surface area contributed by atoms with Crippen molar-refractivity contribution in [2.24, 2.45) is 0 Å². The lowest BCUT2D eigenvalue weighted by atomic mass is 10.1. The lowest BCUT2D eigenvalue weighted by Crippen LogP contribution is -2.03. The van der Waals surface area contributed by atoms with Crippen LogP contribution in [-0.2, 0) is 0 Å². The lowest BCUT2D eigenvalue weighted by molar-refractivity contribution is 0.673. The number of hydrogen-bond acceptors (Lipinski definition) is 5. The van der Waals surface area contributed by atoms with Gasteiger partial charge in [0, 0.05) is 44.1 Å². The second-order valence-corrected chi connectivity index (χ2v) is 14.0. The van der Waals surface area contributed by atoms with Crippen molar-refractivity contribution in [1.82, 2.24) is 33.9 Å². The molecule has 0 aliphatic carbocycles. The van der Waals surface area contributed by atoms with Crippen LogP contribution in [0.3, 0.4) is 0 Å². The monoisotopic (exact) mass is 719 g/mol. The Morgan fingerprint density at radius 2 is 0.946 bits per heavy atom. The number of hydrogen-bond donors (Lipinski definition) is 0. The second kappa shape index (κ2) is 11.8. The summed E-state index contributed by atoms with van der Waals surface area (Å²) in [6.45, 7) is 0. The van der Waals surface area contributed by atoms with Crippen LogP contribution < -0.4 is 0 Å². The standard InChI is InChI=1S/C48H29N7O/c1-3-13-30(14-4-1)47-51-52-48(31-15-5-2-6-16-31)53(47)32-23-25-40-37(27-32)33-17-7-10-20-38(33)54(40)43-28-44(50-29-49-43)55-39-21-11-8-19-36(39)45-41(55)26-24-35-34-18-9-12-22-42(34)56-46(35)45/h1-29H. The van der Waals surface area contributed by atoms with E-state index in [9.17, 15) is 0 Å². The number of furan rings is 1. The SMILES string of the molecule is c1ccc(-c2nnc(-c3ccccc3)n2-c2ccc3c(c2)c2ccccc2n3-c2cc(-n3c4ccccc4c4c5oc6ccccc6c5ccc43)ncn2)cc1. The average molecular weight is 720 g/mol. The van der Waals surface area contributed by atoms with E-state index in [-0.39, 0.29) is 0 Å². The Morgan fingerprint density at radius 3 is 1.66 bits per heavy atom. The van der Waals surface area contributed by atoms with Gasteiger partial charge in [0.15, 0.2) is 11.6 Å². The quantitative estimate of drug-likeness (QED) is 0.177. The van der Waals surface area contributed by atoms with E-state index < -0.39 is 0 Å². The fourth-order valence-corrected chi connectivity index (χ4v) is 8.49. The normalized spacial score (nSPS) is 11.9. The molecule has 5 heterocycles. The largest absolute Gasteiger partial charge is 0.455 e. The molecule has 0 spiro atoms. The van der Waals surface area contributed by atoms with Crippen LogP contribution in [0.1, 0.15) is 0 Å². The van der Waals surface area contributed by atoms with Crippen LogP contribution in [0, 0.1) is 0 Å². The van der Waals surface area contributed by atoms with Gasteiger partial charge in [-0.05, 0) is 48.5 Å². The molecule has 0 amide bonds. The van der Waals surface area contributed by atoms with Crippen molar-refractivity contribution in [3.8, 4) is 40.1 Å². The van der Waals surface area contributed by atoms with Crippen molar-refractivity contribution >= 4 is 65.6 Å². The van der Waals surface area contributed by atoms with Crippen LogP contribution in [0.2, 0.25) is 0 Å². The van der Waals surface area contributed by atoms with E-state index in [1.807, 2.05) is 48.5 Å². The summed E-state index contributed by atoms with van der Waals surface area (Å²) in [5, 5.41) is 16.0. The molecule has 56 heavy (non-hydrogen) atoms. The maximum Gasteiger partial charge on any atom is 0.168 e. The van der Waals surface area contributed by atoms with Gasteiger partial charge in [0.05, 0.1) is 33.1 Å². The summed E-state index contributed by atoms with van der Waals surface area (Å²) in [6, 6.07) is 58.6. The Balaban J connectivity index is 1.07. The smallest absolute Gasteiger partial charge is 0.168 e. The number of benzene rings is 7. The highest BCUT2D eigenvalue weighted by molar-refractivity contribution is 6.23. The van der Waals surface area contributed by atoms with Crippen LogP contribution in [0.25, 0.3) is 106 Å². The minimum atomic E-state index is 0.767. The molecule has 262 valence electrons. The first-order valence-corrected chi connectivity index (χ1v) is 18.6. The van der Waals surface area contributed by atoms with Gasteiger partial charge in [-0.3, -0.25) is 13.7 Å². The molecule has 0 unspecified atom stereocenters. The van der Waals surface area contributed by atoms with Gasteiger partial charge in [0.25, 0.3) is 0 Å². The summed E-state index contributed by atoms with van der Waals surface area (Å²) in [5.74, 6) is 3.09. The zero-order valence-electron chi connectivity index (χ0n) is 29.8. The third-order valence-electron chi connectivity index (χ3n) is 10.9. The molecule has 0 N–H and O–H groups in total. The van der Waals surface area contributed by atoms with Crippen LogP contribution in [0.15, 0.2) is 181 Å². The Bertz CT molecular complexity index is 3430. The molecule has 12 rings (SSSR count). The Hall–Kier alpha value is -7.84. The lowest BCUT2D eigenvalue weighted by Gasteiger charge is -2.13. The van der Waals surface area contributed by atoms with Crippen LogP contribution in [0.4, 0.5) is 0 Å². The number of fused-ring (bicyclic) bond motifs is 10. The van der Waals surface area contributed by atoms with Gasteiger partial charge >= 0.3 is 0 Å². The summed E-state index contributed by atoms with van der Waals surface area (Å²) in [5.41, 5.74) is 8.85. The van der Waals surface area contributed by atoms with E-state index in [4.69, 9.17) is 24.6 Å². The van der Waals surface area contributed by atoms with E-state index in [0.717, 1.165) is 106 Å². The molecule has 5 aromatic heterocycles. The fraction of sp³-hybridized carbons (Fsp3) is 0. The van der Waals surface area contributed by atoms with Crippen molar-refractivity contribution in [2.45, 2.75) is 0 Å². The van der Waals surface area contributed by atoms with Gasteiger partial charge < -0.3 is 4.42 Å². The molecular weight excluding hydrogens is 691 g/mol. The van der Waals surface area contributed by atoms with Crippen LogP contribution in [0.5, 0.6) is 0 Å². The van der Waals surface area contributed by atoms with Crippen molar-refractivity contribution < 1.29 is 4.42 Å². The highest BCUT2D eigenvalue weighted by Gasteiger charge is 2.22. The summed E-state index contributed by atoms with van der Waals surface area (Å²) < 4.78 is 13.1. The van der Waals surface area contributed by atoms with Crippen LogP contribution >= 0.6 is 0 Å². The van der Waals surface area contributed by atoms with E-state index in [0.29, 0.717) is 0 Å². The van der Waals surface area contributed by atoms with Crippen molar-refractivity contribution in [3.05, 3.63) is 176 Å². The van der Waals surface area contributed by atoms with E-state index in [2.05, 4.69) is 135 Å². The number of aromatic nitrogens is 7.